The summed E-state index contributed by atoms with van der Waals surface area (Å²) < 4.78 is 0. The smallest absolute Gasteiger partial charge is 0.244 e. The molecule has 2 N–H and O–H groups in total. The lowest BCUT2D eigenvalue weighted by molar-refractivity contribution is -0.132. The van der Waals surface area contributed by atoms with Gasteiger partial charge in [0, 0.05) is 18.9 Å². The van der Waals surface area contributed by atoms with Gasteiger partial charge in [-0.25, -0.2) is 0 Å². The van der Waals surface area contributed by atoms with Crippen LogP contribution in [-0.2, 0) is 17.8 Å². The van der Waals surface area contributed by atoms with Crippen molar-refractivity contribution in [2.45, 2.75) is 45.1 Å². The summed E-state index contributed by atoms with van der Waals surface area (Å²) in [7, 11) is 0. The van der Waals surface area contributed by atoms with Crippen LogP contribution in [0.4, 0.5) is 0 Å². The molecule has 3 atom stereocenters. The lowest BCUT2D eigenvalue weighted by Gasteiger charge is -2.27. The van der Waals surface area contributed by atoms with Gasteiger partial charge in [-0.15, -0.1) is 0 Å². The predicted molar refractivity (Wildman–Crippen MR) is 101 cm³/mol. The summed E-state index contributed by atoms with van der Waals surface area (Å²) in [6.07, 6.45) is 4.99. The van der Waals surface area contributed by atoms with Gasteiger partial charge in [-0.2, -0.15) is 0 Å². The molecule has 5 nitrogen and oxygen atoms in total. The number of hydrogen-bond acceptors (Lipinski definition) is 4. The first-order valence-corrected chi connectivity index (χ1v) is 9.07. The van der Waals surface area contributed by atoms with Crippen LogP contribution in [0.2, 0.25) is 0 Å². The van der Waals surface area contributed by atoms with Crippen LogP contribution >= 0.6 is 0 Å². The fourth-order valence-electron chi connectivity index (χ4n) is 3.33. The van der Waals surface area contributed by atoms with Crippen LogP contribution in [0, 0.1) is 12.3 Å². The minimum absolute atomic E-state index is 0.0654. The molecular formula is C21H26N3O2. The molecular weight excluding hydrogens is 326 g/mol. The molecule has 1 aliphatic heterocycles. The molecule has 1 unspecified atom stereocenters. The van der Waals surface area contributed by atoms with E-state index in [1.165, 1.54) is 0 Å². The molecule has 2 aromatic rings. The van der Waals surface area contributed by atoms with E-state index in [1.807, 2.05) is 47.4 Å². The number of nitrogens with one attached hydrogen (secondary N) is 1. The van der Waals surface area contributed by atoms with Gasteiger partial charge in [0.2, 0.25) is 5.91 Å². The van der Waals surface area contributed by atoms with E-state index < -0.39 is 12.1 Å². The van der Waals surface area contributed by atoms with Crippen LogP contribution < -0.4 is 5.32 Å². The van der Waals surface area contributed by atoms with Crippen LogP contribution in [0.15, 0.2) is 54.9 Å². The zero-order valence-corrected chi connectivity index (χ0v) is 15.2. The van der Waals surface area contributed by atoms with Gasteiger partial charge in [-0.05, 0) is 36.0 Å². The zero-order valence-electron chi connectivity index (χ0n) is 15.2. The number of carbonyl (C=O) groups is 1. The maximum absolute atomic E-state index is 12.9. The number of aromatic nitrogens is 1. The Morgan fingerprint density at radius 2 is 1.92 bits per heavy atom. The van der Waals surface area contributed by atoms with Crippen molar-refractivity contribution in [1.29, 1.82) is 0 Å². The lowest BCUT2D eigenvalue weighted by atomic mass is 10.0. The van der Waals surface area contributed by atoms with Gasteiger partial charge in [0.05, 0.1) is 12.3 Å². The van der Waals surface area contributed by atoms with Crippen LogP contribution in [0.1, 0.15) is 25.0 Å². The summed E-state index contributed by atoms with van der Waals surface area (Å²) in [6, 6.07) is 13.2. The molecule has 1 aliphatic rings. The molecule has 1 radical (unpaired) electrons. The van der Waals surface area contributed by atoms with Crippen molar-refractivity contribution >= 4 is 5.91 Å². The Hall–Kier alpha value is -2.24. The highest BCUT2D eigenvalue weighted by Crippen LogP contribution is 2.23. The topological polar surface area (TPSA) is 65.5 Å². The van der Waals surface area contributed by atoms with Crippen molar-refractivity contribution in [2.24, 2.45) is 5.92 Å². The third-order valence-electron chi connectivity index (χ3n) is 4.72. The van der Waals surface area contributed by atoms with Crippen molar-refractivity contribution < 1.29 is 9.90 Å². The largest absolute Gasteiger partial charge is 0.391 e. The molecule has 2 heterocycles. The summed E-state index contributed by atoms with van der Waals surface area (Å²) in [4.78, 5) is 18.9. The fraction of sp³-hybridized carbons (Fsp3) is 0.381. The highest BCUT2D eigenvalue weighted by atomic mass is 16.3. The van der Waals surface area contributed by atoms with Crippen molar-refractivity contribution in [1.82, 2.24) is 15.2 Å². The fourth-order valence-corrected chi connectivity index (χ4v) is 3.33. The third-order valence-corrected chi connectivity index (χ3v) is 4.72. The molecule has 1 fully saturated rings. The Bertz CT molecular complexity index is 706. The van der Waals surface area contributed by atoms with E-state index in [-0.39, 0.29) is 18.0 Å². The lowest BCUT2D eigenvalue weighted by Crippen LogP contribution is -2.43. The van der Waals surface area contributed by atoms with E-state index in [0.29, 0.717) is 13.0 Å². The van der Waals surface area contributed by atoms with Gasteiger partial charge >= 0.3 is 0 Å². The van der Waals surface area contributed by atoms with Gasteiger partial charge in [-0.3, -0.25) is 15.1 Å². The van der Waals surface area contributed by atoms with Crippen molar-refractivity contribution in [2.75, 3.05) is 0 Å². The average Bonchev–Trinajstić information content (AvgIpc) is 2.98. The normalized spacial score (nSPS) is 21.4. The van der Waals surface area contributed by atoms with Gasteiger partial charge in [0.25, 0.3) is 0 Å². The highest BCUT2D eigenvalue weighted by Gasteiger charge is 2.43. The molecule has 1 aromatic carbocycles. The summed E-state index contributed by atoms with van der Waals surface area (Å²) in [6.45, 7) is 4.64. The summed E-state index contributed by atoms with van der Waals surface area (Å²) in [5.74, 6) is 0.173. The maximum atomic E-state index is 12.9. The number of nitrogens with zero attached hydrogens (tertiary/aromatic N) is 2. The van der Waals surface area contributed by atoms with E-state index in [1.54, 1.807) is 18.8 Å². The second-order valence-electron chi connectivity index (χ2n) is 7.08. The number of aliphatic hydroxyl groups excluding tert-OH is 1. The summed E-state index contributed by atoms with van der Waals surface area (Å²) in [5, 5.41) is 13.9. The van der Waals surface area contributed by atoms with Crippen molar-refractivity contribution in [3.05, 3.63) is 72.4 Å². The van der Waals surface area contributed by atoms with Gasteiger partial charge in [0.15, 0.2) is 0 Å². The zero-order chi connectivity index (χ0) is 18.5. The second kappa shape index (κ2) is 8.43. The number of hydrogen-bond donors (Lipinski definition) is 2. The Morgan fingerprint density at radius 1 is 1.19 bits per heavy atom. The Labute approximate surface area is 155 Å². The van der Waals surface area contributed by atoms with Crippen molar-refractivity contribution in [3.63, 3.8) is 0 Å². The van der Waals surface area contributed by atoms with E-state index in [2.05, 4.69) is 24.1 Å². The van der Waals surface area contributed by atoms with E-state index in [4.69, 9.17) is 0 Å². The van der Waals surface area contributed by atoms with Gasteiger partial charge in [0.1, 0.15) is 6.04 Å². The van der Waals surface area contributed by atoms with E-state index >= 15 is 0 Å². The van der Waals surface area contributed by atoms with Crippen molar-refractivity contribution in [3.8, 4) is 0 Å². The number of benzene rings is 1. The molecule has 1 aromatic heterocycles. The van der Waals surface area contributed by atoms with E-state index in [9.17, 15) is 9.90 Å². The van der Waals surface area contributed by atoms with Crippen LogP contribution in [-0.4, -0.2) is 39.2 Å². The molecule has 0 saturated carbocycles. The Morgan fingerprint density at radius 3 is 2.58 bits per heavy atom. The first-order valence-electron chi connectivity index (χ1n) is 9.07. The minimum Gasteiger partial charge on any atom is -0.391 e. The van der Waals surface area contributed by atoms with E-state index in [0.717, 1.165) is 11.1 Å². The monoisotopic (exact) mass is 352 g/mol. The Balaban J connectivity index is 1.67. The number of amides is 1. The molecule has 0 spiro atoms. The number of pyridine rings is 1. The number of aliphatic hydroxyl groups is 1. The SMILES string of the molecule is CC(C)C1N[C@@H]([C@H](O)[CH]Cc2ccccc2)C(=O)N1Cc1cccnc1. The van der Waals surface area contributed by atoms with Crippen LogP contribution in [0.5, 0.6) is 0 Å². The molecule has 1 saturated heterocycles. The molecule has 0 bridgehead atoms. The number of rotatable bonds is 7. The standard InChI is InChI=1S/C21H26N3O2/c1-15(2)20-23-19(18(25)11-10-16-7-4-3-5-8-16)21(26)24(20)14-17-9-6-12-22-13-17/h3-9,11-13,15,18-20,23,25H,10,14H2,1-2H3/t18-,19+,20?/m1/s1. The predicted octanol–water partition coefficient (Wildman–Crippen LogP) is 2.17. The van der Waals surface area contributed by atoms with Crippen LogP contribution in [0.25, 0.3) is 0 Å². The Kier molecular flexibility index (Phi) is 6.01. The first-order chi connectivity index (χ1) is 12.6. The van der Waals surface area contributed by atoms with Gasteiger partial charge in [-0.1, -0.05) is 50.2 Å². The average molecular weight is 352 g/mol. The molecule has 5 heteroatoms. The van der Waals surface area contributed by atoms with Crippen LogP contribution in [0.3, 0.4) is 0 Å². The third kappa shape index (κ3) is 4.29. The molecule has 3 rings (SSSR count). The minimum atomic E-state index is -0.831. The number of carbonyl (C=O) groups excluding carboxylic acids is 1. The second-order valence-corrected chi connectivity index (χ2v) is 7.08. The quantitative estimate of drug-likeness (QED) is 0.802. The first kappa shape index (κ1) is 18.5. The summed E-state index contributed by atoms with van der Waals surface area (Å²) in [5.41, 5.74) is 2.10. The highest BCUT2D eigenvalue weighted by molar-refractivity contribution is 5.85. The molecule has 0 aliphatic carbocycles. The molecule has 26 heavy (non-hydrogen) atoms. The maximum Gasteiger partial charge on any atom is 0.244 e. The molecule has 1 amide bonds. The molecule has 137 valence electrons. The summed E-state index contributed by atoms with van der Waals surface area (Å²) >= 11 is 0. The van der Waals surface area contributed by atoms with Gasteiger partial charge < -0.3 is 10.0 Å².